The quantitative estimate of drug-likeness (QED) is 0.425. The van der Waals surface area contributed by atoms with E-state index in [4.69, 9.17) is 10.5 Å². The average Bonchev–Trinajstić information content (AvgIpc) is 2.41. The number of halogens is 1. The predicted molar refractivity (Wildman–Crippen MR) is 93.6 cm³/mol. The fourth-order valence-electron chi connectivity index (χ4n) is 1.34. The summed E-state index contributed by atoms with van der Waals surface area (Å²) < 4.78 is 5.42. The summed E-state index contributed by atoms with van der Waals surface area (Å²) in [5.41, 5.74) is 6.77. The normalized spacial score (nSPS) is 11.1. The number of aromatic nitrogens is 1. The van der Waals surface area contributed by atoms with E-state index >= 15 is 0 Å². The molecular weight excluding hydrogens is 367 g/mol. The first kappa shape index (κ1) is 18.9. The van der Waals surface area contributed by atoms with E-state index in [1.54, 1.807) is 6.20 Å². The third-order valence-electron chi connectivity index (χ3n) is 2.38. The molecule has 1 rings (SSSR count). The first-order valence-electron chi connectivity index (χ1n) is 6.73. The first-order valence-corrected chi connectivity index (χ1v) is 6.73. The Morgan fingerprint density at radius 1 is 1.45 bits per heavy atom. The summed E-state index contributed by atoms with van der Waals surface area (Å²) in [6.45, 7) is 8.36. The van der Waals surface area contributed by atoms with Gasteiger partial charge in [-0.25, -0.2) is 9.98 Å². The van der Waals surface area contributed by atoms with E-state index in [9.17, 15) is 0 Å². The minimum Gasteiger partial charge on any atom is -0.478 e. The Hall–Kier alpha value is -1.05. The molecule has 0 aliphatic heterocycles. The van der Waals surface area contributed by atoms with Crippen LogP contribution in [-0.2, 0) is 6.54 Å². The minimum atomic E-state index is 0. The number of guanidine groups is 1. The highest BCUT2D eigenvalue weighted by atomic mass is 127. The number of rotatable bonds is 7. The van der Waals surface area contributed by atoms with Gasteiger partial charge in [-0.3, -0.25) is 0 Å². The van der Waals surface area contributed by atoms with Crippen molar-refractivity contribution in [2.24, 2.45) is 16.6 Å². The zero-order valence-corrected chi connectivity index (χ0v) is 14.8. The van der Waals surface area contributed by atoms with Gasteiger partial charge in [-0.2, -0.15) is 0 Å². The van der Waals surface area contributed by atoms with Gasteiger partial charge in [0.05, 0.1) is 13.2 Å². The predicted octanol–water partition coefficient (Wildman–Crippen LogP) is 2.55. The average molecular weight is 392 g/mol. The van der Waals surface area contributed by atoms with E-state index in [-0.39, 0.29) is 24.0 Å². The van der Waals surface area contributed by atoms with Crippen LogP contribution in [-0.4, -0.2) is 24.1 Å². The molecule has 0 radical (unpaired) electrons. The van der Waals surface area contributed by atoms with Gasteiger partial charge in [-0.05, 0) is 17.9 Å². The van der Waals surface area contributed by atoms with Crippen molar-refractivity contribution in [2.75, 3.05) is 13.2 Å². The monoisotopic (exact) mass is 392 g/mol. The molecule has 0 fully saturated rings. The molecule has 114 valence electrons. The van der Waals surface area contributed by atoms with Crippen LogP contribution >= 0.6 is 24.0 Å². The summed E-state index contributed by atoms with van der Waals surface area (Å²) in [6.07, 6.45) is 2.75. The number of aliphatic imine (C=N–C) groups is 1. The van der Waals surface area contributed by atoms with Crippen LogP contribution in [0.5, 0.6) is 5.88 Å². The summed E-state index contributed by atoms with van der Waals surface area (Å²) in [6, 6.07) is 3.81. The molecule has 0 aromatic carbocycles. The Morgan fingerprint density at radius 2 is 2.20 bits per heavy atom. The van der Waals surface area contributed by atoms with E-state index in [0.717, 1.165) is 18.5 Å². The second kappa shape index (κ2) is 10.7. The number of nitrogens with zero attached hydrogens (tertiary/aromatic N) is 2. The highest BCUT2D eigenvalue weighted by Gasteiger charge is 1.98. The molecule has 0 saturated heterocycles. The third kappa shape index (κ3) is 8.19. The first-order chi connectivity index (χ1) is 9.11. The molecule has 0 amide bonds. The van der Waals surface area contributed by atoms with E-state index in [1.165, 1.54) is 0 Å². The molecule has 1 aromatic rings. The Kier molecular flexibility index (Phi) is 10.1. The maximum Gasteiger partial charge on any atom is 0.213 e. The lowest BCUT2D eigenvalue weighted by atomic mass is 10.2. The van der Waals surface area contributed by atoms with Crippen molar-refractivity contribution in [1.29, 1.82) is 0 Å². The van der Waals surface area contributed by atoms with Gasteiger partial charge in [0.2, 0.25) is 5.88 Å². The van der Waals surface area contributed by atoms with Crippen molar-refractivity contribution in [3.63, 3.8) is 0 Å². The molecule has 0 atom stereocenters. The van der Waals surface area contributed by atoms with Crippen molar-refractivity contribution < 1.29 is 4.74 Å². The van der Waals surface area contributed by atoms with Crippen molar-refractivity contribution in [3.05, 3.63) is 23.9 Å². The summed E-state index contributed by atoms with van der Waals surface area (Å²) in [5.74, 6) is 1.67. The van der Waals surface area contributed by atoms with Gasteiger partial charge < -0.3 is 15.8 Å². The number of ether oxygens (including phenoxy) is 1. The highest BCUT2D eigenvalue weighted by molar-refractivity contribution is 14.0. The van der Waals surface area contributed by atoms with E-state index in [1.807, 2.05) is 12.1 Å². The summed E-state index contributed by atoms with van der Waals surface area (Å²) in [5, 5.41) is 3.07. The van der Waals surface area contributed by atoms with E-state index in [0.29, 0.717) is 30.9 Å². The summed E-state index contributed by atoms with van der Waals surface area (Å²) in [7, 11) is 0. The molecule has 0 aliphatic rings. The standard InChI is InChI=1S/C14H24N4O.HI/c1-4-7-19-13-6-5-12(9-16-13)10-18-14(15)17-8-11(2)3;/h5-6,9,11H,4,7-8,10H2,1-3H3,(H3,15,17,18);1H. The van der Waals surface area contributed by atoms with E-state index in [2.05, 4.69) is 36.1 Å². The van der Waals surface area contributed by atoms with Gasteiger partial charge >= 0.3 is 0 Å². The Bertz CT molecular complexity index is 393. The van der Waals surface area contributed by atoms with E-state index < -0.39 is 0 Å². The van der Waals surface area contributed by atoms with Gasteiger partial charge in [0, 0.05) is 18.8 Å². The fourth-order valence-corrected chi connectivity index (χ4v) is 1.34. The van der Waals surface area contributed by atoms with Gasteiger partial charge in [0.1, 0.15) is 0 Å². The molecule has 1 aromatic heterocycles. The van der Waals surface area contributed by atoms with Gasteiger partial charge in [-0.15, -0.1) is 24.0 Å². The van der Waals surface area contributed by atoms with Crippen molar-refractivity contribution in [3.8, 4) is 5.88 Å². The minimum absolute atomic E-state index is 0. The molecule has 0 saturated carbocycles. The Morgan fingerprint density at radius 3 is 2.75 bits per heavy atom. The van der Waals surface area contributed by atoms with Crippen molar-refractivity contribution in [1.82, 2.24) is 10.3 Å². The number of nitrogens with one attached hydrogen (secondary N) is 1. The topological polar surface area (TPSA) is 72.5 Å². The zero-order chi connectivity index (χ0) is 14.1. The molecule has 0 spiro atoms. The molecule has 3 N–H and O–H groups in total. The lowest BCUT2D eigenvalue weighted by Gasteiger charge is -2.08. The number of hydrogen-bond acceptors (Lipinski definition) is 3. The molecule has 0 bridgehead atoms. The molecule has 5 nitrogen and oxygen atoms in total. The van der Waals surface area contributed by atoms with Crippen molar-refractivity contribution >= 4 is 29.9 Å². The molecule has 0 aliphatic carbocycles. The lowest BCUT2D eigenvalue weighted by molar-refractivity contribution is 0.305. The molecule has 6 heteroatoms. The zero-order valence-electron chi connectivity index (χ0n) is 12.4. The molecule has 1 heterocycles. The van der Waals surface area contributed by atoms with Crippen LogP contribution in [0.4, 0.5) is 0 Å². The van der Waals surface area contributed by atoms with Crippen LogP contribution < -0.4 is 15.8 Å². The smallest absolute Gasteiger partial charge is 0.213 e. The molecule has 20 heavy (non-hydrogen) atoms. The van der Waals surface area contributed by atoms with Crippen LogP contribution in [0, 0.1) is 5.92 Å². The second-order valence-electron chi connectivity index (χ2n) is 4.83. The van der Waals surface area contributed by atoms with Crippen LogP contribution in [0.15, 0.2) is 23.3 Å². The lowest BCUT2D eigenvalue weighted by Crippen LogP contribution is -2.34. The molecule has 0 unspecified atom stereocenters. The van der Waals surface area contributed by atoms with Crippen molar-refractivity contribution in [2.45, 2.75) is 33.7 Å². The number of hydrogen-bond donors (Lipinski definition) is 2. The highest BCUT2D eigenvalue weighted by Crippen LogP contribution is 2.08. The third-order valence-corrected chi connectivity index (χ3v) is 2.38. The number of pyridine rings is 1. The molecular formula is C14H25IN4O. The van der Waals surface area contributed by atoms with Crippen LogP contribution in [0.25, 0.3) is 0 Å². The number of nitrogens with two attached hydrogens (primary N) is 1. The largest absolute Gasteiger partial charge is 0.478 e. The van der Waals surface area contributed by atoms with Crippen LogP contribution in [0.2, 0.25) is 0 Å². The van der Waals surface area contributed by atoms with Gasteiger partial charge in [0.15, 0.2) is 5.96 Å². The van der Waals surface area contributed by atoms with Crippen LogP contribution in [0.1, 0.15) is 32.8 Å². The maximum absolute atomic E-state index is 5.76. The SMILES string of the molecule is CCCOc1ccc(CN=C(N)NCC(C)C)cn1.I. The van der Waals surface area contributed by atoms with Gasteiger partial charge in [0.25, 0.3) is 0 Å². The Labute approximate surface area is 138 Å². The summed E-state index contributed by atoms with van der Waals surface area (Å²) >= 11 is 0. The summed E-state index contributed by atoms with van der Waals surface area (Å²) in [4.78, 5) is 8.48. The fraction of sp³-hybridized carbons (Fsp3) is 0.571. The second-order valence-corrected chi connectivity index (χ2v) is 4.83. The Balaban J connectivity index is 0.00000361. The van der Waals surface area contributed by atoms with Crippen LogP contribution in [0.3, 0.4) is 0 Å². The van der Waals surface area contributed by atoms with Gasteiger partial charge in [-0.1, -0.05) is 26.8 Å². The maximum atomic E-state index is 5.76.